The Morgan fingerprint density at radius 2 is 2.11 bits per heavy atom. The van der Waals surface area contributed by atoms with Crippen molar-refractivity contribution in [1.82, 2.24) is 4.90 Å². The van der Waals surface area contributed by atoms with Gasteiger partial charge in [0.1, 0.15) is 5.60 Å². The highest BCUT2D eigenvalue weighted by molar-refractivity contribution is 5.75. The Hall–Kier alpha value is -0.610. The number of piperidine rings is 1. The van der Waals surface area contributed by atoms with Gasteiger partial charge < -0.3 is 14.4 Å². The van der Waals surface area contributed by atoms with E-state index in [1.165, 1.54) is 19.3 Å². The Kier molecular flexibility index (Phi) is 3.32. The van der Waals surface area contributed by atoms with E-state index in [2.05, 4.69) is 4.90 Å². The predicted molar refractivity (Wildman–Crippen MR) is 67.3 cm³/mol. The maximum absolute atomic E-state index is 12.1. The SMILES string of the molecule is CC1OCCC12CC(CN1CCCCC1)C(=O)O2. The normalized spacial score (nSPS) is 41.5. The Bertz CT molecular complexity index is 327. The lowest BCUT2D eigenvalue weighted by molar-refractivity contribution is -0.154. The summed E-state index contributed by atoms with van der Waals surface area (Å²) in [4.78, 5) is 14.5. The van der Waals surface area contributed by atoms with Crippen LogP contribution in [0, 0.1) is 5.92 Å². The number of rotatable bonds is 2. The van der Waals surface area contributed by atoms with Gasteiger partial charge in [-0.2, -0.15) is 0 Å². The molecule has 3 aliphatic heterocycles. The summed E-state index contributed by atoms with van der Waals surface area (Å²) in [5, 5.41) is 0. The summed E-state index contributed by atoms with van der Waals surface area (Å²) in [6.45, 7) is 5.92. The molecule has 3 saturated heterocycles. The van der Waals surface area contributed by atoms with E-state index >= 15 is 0 Å². The molecule has 3 atom stereocenters. The molecule has 1 spiro atoms. The van der Waals surface area contributed by atoms with Crippen LogP contribution in [0.15, 0.2) is 0 Å². The van der Waals surface area contributed by atoms with Gasteiger partial charge in [0.2, 0.25) is 0 Å². The molecule has 4 heteroatoms. The van der Waals surface area contributed by atoms with E-state index in [1.807, 2.05) is 6.92 Å². The van der Waals surface area contributed by atoms with Crippen LogP contribution in [0.2, 0.25) is 0 Å². The zero-order chi connectivity index (χ0) is 12.6. The second kappa shape index (κ2) is 4.82. The molecule has 0 aliphatic carbocycles. The van der Waals surface area contributed by atoms with Crippen molar-refractivity contribution < 1.29 is 14.3 Å². The molecule has 0 aromatic rings. The molecule has 102 valence electrons. The largest absolute Gasteiger partial charge is 0.456 e. The Morgan fingerprint density at radius 3 is 2.78 bits per heavy atom. The van der Waals surface area contributed by atoms with Gasteiger partial charge in [-0.3, -0.25) is 4.79 Å². The van der Waals surface area contributed by atoms with Crippen molar-refractivity contribution in [3.8, 4) is 0 Å². The van der Waals surface area contributed by atoms with Crippen molar-refractivity contribution in [1.29, 1.82) is 0 Å². The minimum Gasteiger partial charge on any atom is -0.456 e. The minimum absolute atomic E-state index is 0.00192. The van der Waals surface area contributed by atoms with Crippen LogP contribution in [0.3, 0.4) is 0 Å². The lowest BCUT2D eigenvalue weighted by Gasteiger charge is -2.28. The van der Waals surface area contributed by atoms with Gasteiger partial charge in [-0.1, -0.05) is 6.42 Å². The van der Waals surface area contributed by atoms with Crippen LogP contribution in [0.25, 0.3) is 0 Å². The highest BCUT2D eigenvalue weighted by atomic mass is 16.6. The van der Waals surface area contributed by atoms with Crippen LogP contribution in [0.5, 0.6) is 0 Å². The molecule has 3 rings (SSSR count). The van der Waals surface area contributed by atoms with Crippen LogP contribution in [0.1, 0.15) is 39.0 Å². The average molecular weight is 253 g/mol. The van der Waals surface area contributed by atoms with E-state index in [1.54, 1.807) is 0 Å². The first-order valence-electron chi connectivity index (χ1n) is 7.26. The first-order valence-corrected chi connectivity index (χ1v) is 7.26. The molecular formula is C14H23NO3. The third kappa shape index (κ3) is 2.16. The van der Waals surface area contributed by atoms with Gasteiger partial charge >= 0.3 is 5.97 Å². The first kappa shape index (κ1) is 12.4. The monoisotopic (exact) mass is 253 g/mol. The molecule has 0 aromatic heterocycles. The number of carbonyl (C=O) groups is 1. The van der Waals surface area contributed by atoms with Crippen molar-refractivity contribution in [2.24, 2.45) is 5.92 Å². The van der Waals surface area contributed by atoms with Gasteiger partial charge in [0, 0.05) is 19.4 Å². The molecule has 3 heterocycles. The Labute approximate surface area is 109 Å². The number of hydrogen-bond donors (Lipinski definition) is 0. The third-order valence-corrected chi connectivity index (χ3v) is 4.79. The lowest BCUT2D eigenvalue weighted by atomic mass is 9.88. The van der Waals surface area contributed by atoms with Gasteiger partial charge in [-0.05, 0) is 32.9 Å². The Balaban J connectivity index is 1.62. The van der Waals surface area contributed by atoms with Crippen LogP contribution >= 0.6 is 0 Å². The summed E-state index contributed by atoms with van der Waals surface area (Å²) < 4.78 is 11.3. The molecule has 0 N–H and O–H groups in total. The zero-order valence-electron chi connectivity index (χ0n) is 11.2. The zero-order valence-corrected chi connectivity index (χ0v) is 11.2. The minimum atomic E-state index is -0.308. The fourth-order valence-corrected chi connectivity index (χ4v) is 3.58. The quantitative estimate of drug-likeness (QED) is 0.700. The summed E-state index contributed by atoms with van der Waals surface area (Å²) in [5.41, 5.74) is -0.308. The molecular weight excluding hydrogens is 230 g/mol. The van der Waals surface area contributed by atoms with Gasteiger partial charge in [0.25, 0.3) is 0 Å². The molecule has 0 saturated carbocycles. The van der Waals surface area contributed by atoms with E-state index in [-0.39, 0.29) is 23.6 Å². The van der Waals surface area contributed by atoms with E-state index in [0.29, 0.717) is 0 Å². The Morgan fingerprint density at radius 1 is 1.33 bits per heavy atom. The van der Waals surface area contributed by atoms with E-state index in [4.69, 9.17) is 9.47 Å². The van der Waals surface area contributed by atoms with Gasteiger partial charge in [-0.15, -0.1) is 0 Å². The van der Waals surface area contributed by atoms with Gasteiger partial charge in [0.05, 0.1) is 18.6 Å². The summed E-state index contributed by atoms with van der Waals surface area (Å²) in [5.74, 6) is 0.0603. The number of ether oxygens (including phenoxy) is 2. The smallest absolute Gasteiger partial charge is 0.311 e. The van der Waals surface area contributed by atoms with Crippen LogP contribution in [-0.2, 0) is 14.3 Å². The fourth-order valence-electron chi connectivity index (χ4n) is 3.58. The lowest BCUT2D eigenvalue weighted by Crippen LogP contribution is -2.37. The third-order valence-electron chi connectivity index (χ3n) is 4.79. The number of carbonyl (C=O) groups excluding carboxylic acids is 1. The molecule has 4 nitrogen and oxygen atoms in total. The highest BCUT2D eigenvalue weighted by Gasteiger charge is 2.53. The van der Waals surface area contributed by atoms with Gasteiger partial charge in [-0.25, -0.2) is 0 Å². The standard InChI is InChI=1S/C14H23NO3/c1-11-14(5-8-17-11)9-12(13(16)18-14)10-15-6-3-2-4-7-15/h11-12H,2-10H2,1H3. The molecule has 3 unspecified atom stereocenters. The summed E-state index contributed by atoms with van der Waals surface area (Å²) in [7, 11) is 0. The van der Waals surface area contributed by atoms with Crippen molar-refractivity contribution in [3.05, 3.63) is 0 Å². The number of hydrogen-bond acceptors (Lipinski definition) is 4. The first-order chi connectivity index (χ1) is 8.70. The predicted octanol–water partition coefficient (Wildman–Crippen LogP) is 1.58. The maximum Gasteiger partial charge on any atom is 0.311 e. The van der Waals surface area contributed by atoms with Crippen LogP contribution in [-0.4, -0.2) is 48.8 Å². The van der Waals surface area contributed by atoms with Crippen molar-refractivity contribution in [3.63, 3.8) is 0 Å². The fraction of sp³-hybridized carbons (Fsp3) is 0.929. The second-order valence-electron chi connectivity index (χ2n) is 6.01. The molecule has 3 aliphatic rings. The molecule has 0 amide bonds. The molecule has 0 radical (unpaired) electrons. The number of esters is 1. The highest BCUT2D eigenvalue weighted by Crippen LogP contribution is 2.42. The average Bonchev–Trinajstić information content (AvgIpc) is 2.86. The van der Waals surface area contributed by atoms with Crippen molar-refractivity contribution in [2.45, 2.75) is 50.7 Å². The van der Waals surface area contributed by atoms with Crippen LogP contribution < -0.4 is 0 Å². The molecule has 0 aromatic carbocycles. The summed E-state index contributed by atoms with van der Waals surface area (Å²) in [6.07, 6.45) is 5.66. The topological polar surface area (TPSA) is 38.8 Å². The number of nitrogens with zero attached hydrogens (tertiary/aromatic N) is 1. The van der Waals surface area contributed by atoms with E-state index in [9.17, 15) is 4.79 Å². The van der Waals surface area contributed by atoms with E-state index < -0.39 is 0 Å². The summed E-state index contributed by atoms with van der Waals surface area (Å²) in [6, 6.07) is 0. The van der Waals surface area contributed by atoms with E-state index in [0.717, 1.165) is 39.1 Å². The van der Waals surface area contributed by atoms with Gasteiger partial charge in [0.15, 0.2) is 0 Å². The van der Waals surface area contributed by atoms with Crippen LogP contribution in [0.4, 0.5) is 0 Å². The summed E-state index contributed by atoms with van der Waals surface area (Å²) >= 11 is 0. The molecule has 18 heavy (non-hydrogen) atoms. The van der Waals surface area contributed by atoms with Crippen molar-refractivity contribution in [2.75, 3.05) is 26.2 Å². The number of likely N-dealkylation sites (tertiary alicyclic amines) is 1. The molecule has 0 bridgehead atoms. The molecule has 3 fully saturated rings. The second-order valence-corrected chi connectivity index (χ2v) is 6.01. The van der Waals surface area contributed by atoms with Crippen molar-refractivity contribution >= 4 is 5.97 Å². The maximum atomic E-state index is 12.1.